The molecular formula is C23H34O4. The average molecular weight is 375 g/mol. The van der Waals surface area contributed by atoms with Crippen LogP contribution in [-0.4, -0.2) is 23.7 Å². The average Bonchev–Trinajstić information content (AvgIpc) is 2.82. The number of carboxylic acid groups (broad SMARTS) is 1. The number of fused-ring (bicyclic) bond motifs is 3. The smallest absolute Gasteiger partial charge is 0.317 e. The first-order valence-corrected chi connectivity index (χ1v) is 10.7. The molecule has 3 saturated carbocycles. The van der Waals surface area contributed by atoms with Gasteiger partial charge in [-0.2, -0.15) is 0 Å². The first-order valence-electron chi connectivity index (χ1n) is 10.7. The van der Waals surface area contributed by atoms with E-state index >= 15 is 0 Å². The number of hydrogen-bond acceptors (Lipinski definition) is 3. The minimum Gasteiger partial charge on any atom is -0.481 e. The Balaban J connectivity index is 1.55. The van der Waals surface area contributed by atoms with Gasteiger partial charge >= 0.3 is 11.9 Å². The maximum atomic E-state index is 11.8. The summed E-state index contributed by atoms with van der Waals surface area (Å²) in [5, 5.41) is 8.82. The molecule has 0 aromatic carbocycles. The van der Waals surface area contributed by atoms with Crippen LogP contribution in [0.25, 0.3) is 0 Å². The maximum absolute atomic E-state index is 11.8. The molecule has 4 nitrogen and oxygen atoms in total. The SMILES string of the molecule is CC12C=CC3(CCC4C(C)(COC(=O)CC(=O)O)CCCC4(C)C3CC1)C2. The van der Waals surface area contributed by atoms with Crippen LogP contribution in [0.15, 0.2) is 12.2 Å². The Morgan fingerprint density at radius 1 is 1.04 bits per heavy atom. The van der Waals surface area contributed by atoms with Crippen molar-refractivity contribution in [2.45, 2.75) is 78.6 Å². The van der Waals surface area contributed by atoms with Gasteiger partial charge in [-0.1, -0.05) is 39.3 Å². The van der Waals surface area contributed by atoms with E-state index in [-0.39, 0.29) is 5.41 Å². The molecule has 0 aromatic heterocycles. The summed E-state index contributed by atoms with van der Waals surface area (Å²) in [6.07, 6.45) is 14.4. The molecule has 4 heteroatoms. The third kappa shape index (κ3) is 2.94. The molecule has 2 bridgehead atoms. The lowest BCUT2D eigenvalue weighted by molar-refractivity contribution is -0.173. The number of ether oxygens (including phenoxy) is 1. The van der Waals surface area contributed by atoms with Crippen molar-refractivity contribution in [3.63, 3.8) is 0 Å². The van der Waals surface area contributed by atoms with Crippen LogP contribution in [0, 0.1) is 33.5 Å². The van der Waals surface area contributed by atoms with Crippen LogP contribution in [0.5, 0.6) is 0 Å². The molecule has 150 valence electrons. The van der Waals surface area contributed by atoms with E-state index in [0.29, 0.717) is 28.8 Å². The summed E-state index contributed by atoms with van der Waals surface area (Å²) in [5.74, 6) is -0.442. The summed E-state index contributed by atoms with van der Waals surface area (Å²) in [7, 11) is 0. The predicted molar refractivity (Wildman–Crippen MR) is 103 cm³/mol. The van der Waals surface area contributed by atoms with Gasteiger partial charge in [0.1, 0.15) is 6.42 Å². The fraction of sp³-hybridized carbons (Fsp3) is 0.826. The lowest BCUT2D eigenvalue weighted by Gasteiger charge is -2.64. The summed E-state index contributed by atoms with van der Waals surface area (Å²) < 4.78 is 5.47. The number of carbonyl (C=O) groups is 2. The van der Waals surface area contributed by atoms with E-state index < -0.39 is 18.4 Å². The van der Waals surface area contributed by atoms with E-state index in [9.17, 15) is 9.59 Å². The minimum absolute atomic E-state index is 0.0359. The normalized spacial score (nSPS) is 47.8. The quantitative estimate of drug-likeness (QED) is 0.428. The van der Waals surface area contributed by atoms with Crippen molar-refractivity contribution in [2.75, 3.05) is 6.61 Å². The standard InChI is InChI=1S/C23H34O4/c1-20-9-5-17-22(3)8-4-7-21(2,15-27-19(26)13-18(24)25)16(22)6-10-23(17,14-20)12-11-20/h11-12,16-17H,4-10,13-15H2,1-3H3,(H,24,25). The molecule has 0 amide bonds. The van der Waals surface area contributed by atoms with Gasteiger partial charge in [-0.25, -0.2) is 0 Å². The molecular weight excluding hydrogens is 340 g/mol. The Kier molecular flexibility index (Phi) is 4.29. The van der Waals surface area contributed by atoms with Crippen molar-refractivity contribution in [1.82, 2.24) is 0 Å². The molecule has 6 atom stereocenters. The second-order valence-corrected chi connectivity index (χ2v) is 10.8. The highest BCUT2D eigenvalue weighted by atomic mass is 16.5. The first kappa shape index (κ1) is 19.0. The van der Waals surface area contributed by atoms with Gasteiger partial charge in [0.25, 0.3) is 0 Å². The summed E-state index contributed by atoms with van der Waals surface area (Å²) in [4.78, 5) is 22.6. The zero-order valence-corrected chi connectivity index (χ0v) is 17.1. The van der Waals surface area contributed by atoms with Crippen LogP contribution in [0.1, 0.15) is 78.6 Å². The molecule has 4 rings (SSSR count). The summed E-state index contributed by atoms with van der Waals surface area (Å²) in [6.45, 7) is 7.58. The topological polar surface area (TPSA) is 63.6 Å². The van der Waals surface area contributed by atoms with Gasteiger partial charge in [0.05, 0.1) is 6.61 Å². The lowest BCUT2D eigenvalue weighted by atomic mass is 9.40. The van der Waals surface area contributed by atoms with Crippen molar-refractivity contribution in [3.8, 4) is 0 Å². The van der Waals surface area contributed by atoms with Gasteiger partial charge in [0.15, 0.2) is 0 Å². The van der Waals surface area contributed by atoms with E-state index in [2.05, 4.69) is 32.9 Å². The van der Waals surface area contributed by atoms with Gasteiger partial charge in [0.2, 0.25) is 0 Å². The molecule has 0 saturated heterocycles. The fourth-order valence-electron chi connectivity index (χ4n) is 7.86. The number of hydrogen-bond donors (Lipinski definition) is 1. The molecule has 0 aliphatic heterocycles. The van der Waals surface area contributed by atoms with Crippen LogP contribution in [0.4, 0.5) is 0 Å². The molecule has 1 N–H and O–H groups in total. The zero-order valence-electron chi connectivity index (χ0n) is 17.1. The summed E-state index contributed by atoms with van der Waals surface area (Å²) in [5.41, 5.74) is 1.05. The fourth-order valence-corrected chi connectivity index (χ4v) is 7.86. The summed E-state index contributed by atoms with van der Waals surface area (Å²) >= 11 is 0. The number of rotatable bonds is 4. The molecule has 3 fully saturated rings. The second-order valence-electron chi connectivity index (χ2n) is 10.8. The highest BCUT2D eigenvalue weighted by molar-refractivity contribution is 5.90. The van der Waals surface area contributed by atoms with Crippen LogP contribution in [0.3, 0.4) is 0 Å². The monoisotopic (exact) mass is 374 g/mol. The van der Waals surface area contributed by atoms with Crippen LogP contribution in [-0.2, 0) is 14.3 Å². The molecule has 0 aromatic rings. The van der Waals surface area contributed by atoms with Crippen LogP contribution in [0.2, 0.25) is 0 Å². The van der Waals surface area contributed by atoms with Crippen molar-refractivity contribution in [3.05, 3.63) is 12.2 Å². The Morgan fingerprint density at radius 2 is 1.78 bits per heavy atom. The Labute approximate surface area is 162 Å². The number of carbonyl (C=O) groups excluding carboxylic acids is 1. The van der Waals surface area contributed by atoms with Crippen molar-refractivity contribution in [2.24, 2.45) is 33.5 Å². The molecule has 4 aliphatic rings. The van der Waals surface area contributed by atoms with Gasteiger partial charge in [-0.3, -0.25) is 9.59 Å². The number of esters is 1. The van der Waals surface area contributed by atoms with E-state index in [1.54, 1.807) is 0 Å². The number of carboxylic acids is 1. The van der Waals surface area contributed by atoms with E-state index in [4.69, 9.17) is 9.84 Å². The van der Waals surface area contributed by atoms with Crippen molar-refractivity contribution < 1.29 is 19.4 Å². The zero-order chi connectivity index (χ0) is 19.5. The second kappa shape index (κ2) is 6.09. The largest absolute Gasteiger partial charge is 0.481 e. The van der Waals surface area contributed by atoms with Gasteiger partial charge < -0.3 is 9.84 Å². The Morgan fingerprint density at radius 3 is 2.52 bits per heavy atom. The minimum atomic E-state index is -1.11. The van der Waals surface area contributed by atoms with Crippen LogP contribution < -0.4 is 0 Å². The molecule has 1 spiro atoms. The molecule has 0 heterocycles. The molecule has 0 radical (unpaired) electrons. The van der Waals surface area contributed by atoms with Gasteiger partial charge in [-0.05, 0) is 73.0 Å². The Hall–Kier alpha value is -1.32. The van der Waals surface area contributed by atoms with E-state index in [1.165, 1.54) is 44.9 Å². The predicted octanol–water partition coefficient (Wildman–Crippen LogP) is 4.97. The highest BCUT2D eigenvalue weighted by Gasteiger charge is 2.63. The third-order valence-electron chi connectivity index (χ3n) is 8.90. The Bertz CT molecular complexity index is 684. The molecule has 4 aliphatic carbocycles. The first-order chi connectivity index (χ1) is 12.6. The molecule has 27 heavy (non-hydrogen) atoms. The van der Waals surface area contributed by atoms with E-state index in [0.717, 1.165) is 12.3 Å². The van der Waals surface area contributed by atoms with Crippen LogP contribution >= 0.6 is 0 Å². The molecule has 6 unspecified atom stereocenters. The lowest BCUT2D eigenvalue weighted by Crippen LogP contribution is -2.58. The highest BCUT2D eigenvalue weighted by Crippen LogP contribution is 2.71. The van der Waals surface area contributed by atoms with Gasteiger partial charge in [0, 0.05) is 5.41 Å². The van der Waals surface area contributed by atoms with E-state index in [1.807, 2.05) is 0 Å². The number of aliphatic carboxylic acids is 1. The maximum Gasteiger partial charge on any atom is 0.317 e. The van der Waals surface area contributed by atoms with Crippen molar-refractivity contribution >= 4 is 11.9 Å². The third-order valence-corrected chi connectivity index (χ3v) is 8.90. The number of allylic oxidation sites excluding steroid dienone is 2. The summed E-state index contributed by atoms with van der Waals surface area (Å²) in [6, 6.07) is 0. The van der Waals surface area contributed by atoms with Gasteiger partial charge in [-0.15, -0.1) is 0 Å². The van der Waals surface area contributed by atoms with Crippen molar-refractivity contribution in [1.29, 1.82) is 0 Å².